The van der Waals surface area contributed by atoms with Gasteiger partial charge in [0.1, 0.15) is 44.1 Å². The van der Waals surface area contributed by atoms with Gasteiger partial charge in [0.05, 0.1) is 17.7 Å². The molecule has 0 radical (unpaired) electrons. The SMILES string of the molecule is CS(=O)(=O)CCCN(c1cc2oc(-c3ccc(Oc4ccc(F)cc4)cc3)c(C(=O)OC(N)=O)c2cc1C1CC1)S(C)(=O)=O. The van der Waals surface area contributed by atoms with Crippen LogP contribution in [-0.2, 0) is 24.6 Å². The van der Waals surface area contributed by atoms with E-state index in [-0.39, 0.29) is 46.9 Å². The number of carbonyl (C=O) groups is 2. The molecule has 3 aromatic carbocycles. The van der Waals surface area contributed by atoms with Gasteiger partial charge in [0.25, 0.3) is 0 Å². The van der Waals surface area contributed by atoms with Crippen molar-refractivity contribution >= 4 is 48.6 Å². The lowest BCUT2D eigenvalue weighted by Crippen LogP contribution is -2.32. The quantitative estimate of drug-likeness (QED) is 0.168. The molecule has 4 aromatic rings. The van der Waals surface area contributed by atoms with Crippen LogP contribution in [0.25, 0.3) is 22.3 Å². The average molecular weight is 645 g/mol. The highest BCUT2D eigenvalue weighted by molar-refractivity contribution is 7.92. The zero-order valence-electron chi connectivity index (χ0n) is 23.8. The van der Waals surface area contributed by atoms with Gasteiger partial charge in [0, 0.05) is 29.8 Å². The Labute approximate surface area is 253 Å². The smallest absolute Gasteiger partial charge is 0.412 e. The summed E-state index contributed by atoms with van der Waals surface area (Å²) in [5.74, 6) is -0.810. The average Bonchev–Trinajstić information content (AvgIpc) is 3.70. The Morgan fingerprint density at radius 2 is 1.59 bits per heavy atom. The number of nitrogens with two attached hydrogens (primary N) is 1. The second kappa shape index (κ2) is 11.9. The van der Waals surface area contributed by atoms with Crippen molar-refractivity contribution in [3.8, 4) is 22.8 Å². The molecule has 0 atom stereocenters. The van der Waals surface area contributed by atoms with Crippen LogP contribution in [0.15, 0.2) is 65.1 Å². The van der Waals surface area contributed by atoms with Crippen molar-refractivity contribution < 1.29 is 44.7 Å². The molecular weight excluding hydrogens is 615 g/mol. The number of nitrogens with zero attached hydrogens (tertiary/aromatic N) is 1. The maximum atomic E-state index is 13.2. The van der Waals surface area contributed by atoms with Crippen LogP contribution in [0.2, 0.25) is 0 Å². The number of hydrogen-bond acceptors (Lipinski definition) is 9. The first kappa shape index (κ1) is 31.0. The van der Waals surface area contributed by atoms with E-state index in [1.807, 2.05) is 0 Å². The van der Waals surface area contributed by atoms with Gasteiger partial charge in [-0.25, -0.2) is 30.8 Å². The zero-order chi connectivity index (χ0) is 31.8. The van der Waals surface area contributed by atoms with Crippen LogP contribution in [0.1, 0.15) is 41.1 Å². The lowest BCUT2D eigenvalue weighted by molar-refractivity contribution is 0.0640. The summed E-state index contributed by atoms with van der Waals surface area (Å²) in [6.45, 7) is -0.0865. The van der Waals surface area contributed by atoms with E-state index in [2.05, 4.69) is 0 Å². The Morgan fingerprint density at radius 1 is 0.977 bits per heavy atom. The predicted octanol–water partition coefficient (Wildman–Crippen LogP) is 5.34. The van der Waals surface area contributed by atoms with Crippen molar-refractivity contribution in [2.24, 2.45) is 5.73 Å². The number of halogens is 1. The van der Waals surface area contributed by atoms with E-state index in [1.54, 1.807) is 30.3 Å². The Morgan fingerprint density at radius 3 is 2.14 bits per heavy atom. The minimum atomic E-state index is -3.84. The molecule has 0 bridgehead atoms. The van der Waals surface area contributed by atoms with Crippen LogP contribution >= 0.6 is 0 Å². The first-order valence-corrected chi connectivity index (χ1v) is 17.4. The topological polar surface area (TPSA) is 163 Å². The molecule has 5 rings (SSSR count). The Bertz CT molecular complexity index is 1950. The first-order valence-electron chi connectivity index (χ1n) is 13.5. The fourth-order valence-electron chi connectivity index (χ4n) is 4.88. The summed E-state index contributed by atoms with van der Waals surface area (Å²) >= 11 is 0. The van der Waals surface area contributed by atoms with Crippen LogP contribution in [0.4, 0.5) is 14.9 Å². The molecule has 1 aromatic heterocycles. The highest BCUT2D eigenvalue weighted by Gasteiger charge is 2.34. The zero-order valence-corrected chi connectivity index (χ0v) is 25.4. The lowest BCUT2D eigenvalue weighted by atomic mass is 10.0. The van der Waals surface area contributed by atoms with Gasteiger partial charge in [0.2, 0.25) is 10.0 Å². The van der Waals surface area contributed by atoms with Gasteiger partial charge >= 0.3 is 12.1 Å². The molecule has 14 heteroatoms. The van der Waals surface area contributed by atoms with Gasteiger partial charge in [-0.05, 0) is 85.3 Å². The molecule has 44 heavy (non-hydrogen) atoms. The summed E-state index contributed by atoms with van der Waals surface area (Å²) in [5, 5.41) is 0.285. The minimum absolute atomic E-state index is 0.00480. The number of carbonyl (C=O) groups excluding carboxylic acids is 2. The summed E-state index contributed by atoms with van der Waals surface area (Å²) < 4.78 is 80.2. The number of amides is 1. The summed E-state index contributed by atoms with van der Waals surface area (Å²) in [5.41, 5.74) is 6.55. The monoisotopic (exact) mass is 644 g/mol. The molecule has 1 aliphatic rings. The van der Waals surface area contributed by atoms with E-state index < -0.39 is 37.7 Å². The number of sulfone groups is 1. The van der Waals surface area contributed by atoms with Crippen molar-refractivity contribution in [2.45, 2.75) is 25.2 Å². The molecule has 1 saturated carbocycles. The van der Waals surface area contributed by atoms with Crippen molar-refractivity contribution in [1.29, 1.82) is 0 Å². The summed E-state index contributed by atoms with van der Waals surface area (Å²) in [7, 11) is -7.17. The van der Waals surface area contributed by atoms with Gasteiger partial charge in [0.15, 0.2) is 0 Å². The number of hydrogen-bond donors (Lipinski definition) is 1. The standard InChI is InChI=1S/C30H29FN2O9S2/c1-43(36,37)15-3-14-33(44(2,38)39)25-17-26-24(16-23(25)18-4-5-18)27(29(34)42-30(32)35)28(41-26)19-6-10-21(11-7-19)40-22-12-8-20(31)9-13-22/h6-13,16-18H,3-5,14-15H2,1-2H3,(H2,32,35). The normalized spacial score (nSPS) is 13.5. The maximum absolute atomic E-state index is 13.2. The number of esters is 1. The lowest BCUT2D eigenvalue weighted by Gasteiger charge is -2.25. The van der Waals surface area contributed by atoms with Crippen molar-refractivity contribution in [3.05, 3.63) is 77.6 Å². The fourth-order valence-corrected chi connectivity index (χ4v) is 6.51. The Kier molecular flexibility index (Phi) is 8.40. The largest absolute Gasteiger partial charge is 0.457 e. The Hall–Kier alpha value is -4.43. The molecular formula is C30H29FN2O9S2. The van der Waals surface area contributed by atoms with Gasteiger partial charge in [-0.2, -0.15) is 0 Å². The third-order valence-corrected chi connectivity index (χ3v) is 9.17. The Balaban J connectivity index is 1.60. The summed E-state index contributed by atoms with van der Waals surface area (Å²) in [6, 6.07) is 15.0. The van der Waals surface area contributed by atoms with E-state index in [0.717, 1.165) is 29.7 Å². The van der Waals surface area contributed by atoms with Gasteiger partial charge in [-0.3, -0.25) is 4.31 Å². The molecule has 0 unspecified atom stereocenters. The molecule has 232 valence electrons. The van der Waals surface area contributed by atoms with Crippen molar-refractivity contribution in [3.63, 3.8) is 0 Å². The molecule has 1 aliphatic carbocycles. The highest BCUT2D eigenvalue weighted by Crippen LogP contribution is 2.48. The number of sulfonamides is 1. The van der Waals surface area contributed by atoms with Gasteiger partial charge in [-0.1, -0.05) is 0 Å². The molecule has 1 fully saturated rings. The number of ether oxygens (including phenoxy) is 2. The molecule has 1 amide bonds. The van der Waals surface area contributed by atoms with E-state index in [9.17, 15) is 30.8 Å². The van der Waals surface area contributed by atoms with Crippen LogP contribution in [0, 0.1) is 5.82 Å². The van der Waals surface area contributed by atoms with E-state index in [4.69, 9.17) is 19.6 Å². The van der Waals surface area contributed by atoms with Crippen LogP contribution < -0.4 is 14.8 Å². The molecule has 0 saturated heterocycles. The van der Waals surface area contributed by atoms with Gasteiger partial charge in [-0.15, -0.1) is 0 Å². The molecule has 0 spiro atoms. The third kappa shape index (κ3) is 7.19. The first-order chi connectivity index (χ1) is 20.7. The van der Waals surface area contributed by atoms with Crippen molar-refractivity contribution in [2.75, 3.05) is 29.1 Å². The van der Waals surface area contributed by atoms with Crippen molar-refractivity contribution in [1.82, 2.24) is 0 Å². The van der Waals surface area contributed by atoms with E-state index >= 15 is 0 Å². The maximum Gasteiger partial charge on any atom is 0.412 e. The molecule has 2 N–H and O–H groups in total. The number of fused-ring (bicyclic) bond motifs is 1. The van der Waals surface area contributed by atoms with E-state index in [1.165, 1.54) is 30.3 Å². The minimum Gasteiger partial charge on any atom is -0.457 e. The summed E-state index contributed by atoms with van der Waals surface area (Å²) in [4.78, 5) is 24.7. The van der Waals surface area contributed by atoms with Crippen LogP contribution in [0.3, 0.4) is 0 Å². The number of rotatable bonds is 11. The third-order valence-electron chi connectivity index (χ3n) is 6.96. The molecule has 1 heterocycles. The number of furan rings is 1. The van der Waals surface area contributed by atoms with Crippen LogP contribution in [-0.4, -0.2) is 53.7 Å². The fraction of sp³-hybridized carbons (Fsp3) is 0.267. The second-order valence-electron chi connectivity index (χ2n) is 10.6. The predicted molar refractivity (Wildman–Crippen MR) is 162 cm³/mol. The molecule has 0 aliphatic heterocycles. The highest BCUT2D eigenvalue weighted by atomic mass is 32.2. The summed E-state index contributed by atoms with van der Waals surface area (Å²) in [6.07, 6.45) is 2.43. The number of anilines is 1. The number of primary amides is 1. The molecule has 11 nitrogen and oxygen atoms in total. The number of benzene rings is 3. The van der Waals surface area contributed by atoms with Crippen LogP contribution in [0.5, 0.6) is 11.5 Å². The van der Waals surface area contributed by atoms with Gasteiger partial charge < -0.3 is 19.6 Å². The van der Waals surface area contributed by atoms with E-state index in [0.29, 0.717) is 28.3 Å². The second-order valence-corrected chi connectivity index (χ2v) is 14.8.